The molecule has 2 rings (SSSR count). The number of anilines is 1. The Labute approximate surface area is 174 Å². The second kappa shape index (κ2) is 9.61. The fourth-order valence-corrected chi connectivity index (χ4v) is 3.79. The van der Waals surface area contributed by atoms with Gasteiger partial charge in [-0.3, -0.25) is 19.2 Å². The molecule has 30 heavy (non-hydrogen) atoms. The van der Waals surface area contributed by atoms with Crippen LogP contribution in [0.4, 0.5) is 16.2 Å². The molecule has 0 bridgehead atoms. The molecular weight excluding hydrogens is 420 g/mol. The molecular formula is C17H24N4O8S. The van der Waals surface area contributed by atoms with Crippen LogP contribution in [0.3, 0.4) is 0 Å². The Balaban J connectivity index is 2.21. The van der Waals surface area contributed by atoms with Gasteiger partial charge in [0.2, 0.25) is 15.9 Å². The van der Waals surface area contributed by atoms with Crippen LogP contribution >= 0.6 is 0 Å². The number of sulfonamides is 1. The molecule has 0 spiro atoms. The van der Waals surface area contributed by atoms with Gasteiger partial charge in [0.15, 0.2) is 0 Å². The van der Waals surface area contributed by atoms with Crippen molar-refractivity contribution >= 4 is 33.4 Å². The second-order valence-electron chi connectivity index (χ2n) is 6.45. The van der Waals surface area contributed by atoms with Crippen molar-refractivity contribution in [1.82, 2.24) is 9.80 Å². The lowest BCUT2D eigenvalue weighted by atomic mass is 10.2. The van der Waals surface area contributed by atoms with Crippen LogP contribution in [0.5, 0.6) is 5.75 Å². The zero-order valence-electron chi connectivity index (χ0n) is 16.9. The van der Waals surface area contributed by atoms with E-state index in [1.165, 1.54) is 29.0 Å². The Morgan fingerprint density at radius 2 is 1.80 bits per heavy atom. The third kappa shape index (κ3) is 5.49. The number of nitrogens with zero attached hydrogens (tertiary/aromatic N) is 4. The van der Waals surface area contributed by atoms with Crippen LogP contribution in [0.2, 0.25) is 0 Å². The largest absolute Gasteiger partial charge is 0.495 e. The zero-order chi connectivity index (χ0) is 22.5. The van der Waals surface area contributed by atoms with Crippen LogP contribution in [0.1, 0.15) is 6.92 Å². The molecule has 0 unspecified atom stereocenters. The average Bonchev–Trinajstić information content (AvgIpc) is 2.70. The molecule has 1 aromatic carbocycles. The molecule has 13 heteroatoms. The Kier molecular flexibility index (Phi) is 7.43. The Morgan fingerprint density at radius 1 is 1.20 bits per heavy atom. The van der Waals surface area contributed by atoms with Gasteiger partial charge in [0.25, 0.3) is 5.69 Å². The fraction of sp³-hybridized carbons (Fsp3) is 0.529. The lowest BCUT2D eigenvalue weighted by molar-refractivity contribution is -0.384. The Morgan fingerprint density at radius 3 is 2.30 bits per heavy atom. The minimum absolute atomic E-state index is 0.0750. The number of carbonyl (C=O) groups excluding carboxylic acids is 2. The third-order valence-corrected chi connectivity index (χ3v) is 5.61. The van der Waals surface area contributed by atoms with Crippen molar-refractivity contribution in [2.45, 2.75) is 6.92 Å². The summed E-state index contributed by atoms with van der Waals surface area (Å²) < 4.78 is 35.6. The summed E-state index contributed by atoms with van der Waals surface area (Å²) in [6.07, 6.45) is 0.431. The number of carbonyl (C=O) groups is 2. The van der Waals surface area contributed by atoms with Crippen molar-refractivity contribution in [2.24, 2.45) is 0 Å². The first-order valence-electron chi connectivity index (χ1n) is 9.08. The highest BCUT2D eigenvalue weighted by Gasteiger charge is 2.30. The van der Waals surface area contributed by atoms with Crippen LogP contribution in [-0.4, -0.2) is 87.8 Å². The number of amides is 2. The molecule has 1 aliphatic heterocycles. The molecule has 1 heterocycles. The number of benzene rings is 1. The van der Waals surface area contributed by atoms with Gasteiger partial charge in [-0.05, 0) is 13.0 Å². The molecule has 1 saturated heterocycles. The number of nitro groups is 1. The van der Waals surface area contributed by atoms with Gasteiger partial charge in [0, 0.05) is 38.3 Å². The van der Waals surface area contributed by atoms with Crippen molar-refractivity contribution < 1.29 is 32.4 Å². The summed E-state index contributed by atoms with van der Waals surface area (Å²) in [5, 5.41) is 11.1. The first-order chi connectivity index (χ1) is 14.1. The maximum absolute atomic E-state index is 12.8. The number of piperazine rings is 1. The molecule has 0 saturated carbocycles. The van der Waals surface area contributed by atoms with Crippen LogP contribution in [0.25, 0.3) is 0 Å². The molecule has 1 aromatic rings. The summed E-state index contributed by atoms with van der Waals surface area (Å²) in [6, 6.07) is 3.50. The lowest BCUT2D eigenvalue weighted by Gasteiger charge is -2.35. The minimum Gasteiger partial charge on any atom is -0.495 e. The van der Waals surface area contributed by atoms with E-state index in [2.05, 4.69) is 0 Å². The van der Waals surface area contributed by atoms with E-state index in [1.54, 1.807) is 6.92 Å². The first-order valence-corrected chi connectivity index (χ1v) is 10.9. The summed E-state index contributed by atoms with van der Waals surface area (Å²) in [6.45, 7) is 2.30. The number of hydrogen-bond donors (Lipinski definition) is 0. The minimum atomic E-state index is -3.96. The van der Waals surface area contributed by atoms with Gasteiger partial charge in [-0.2, -0.15) is 0 Å². The van der Waals surface area contributed by atoms with E-state index in [4.69, 9.17) is 9.47 Å². The second-order valence-corrected chi connectivity index (χ2v) is 8.36. The van der Waals surface area contributed by atoms with Crippen molar-refractivity contribution in [2.75, 3.05) is 57.0 Å². The van der Waals surface area contributed by atoms with Gasteiger partial charge in [0.1, 0.15) is 18.0 Å². The lowest BCUT2D eigenvalue weighted by Crippen LogP contribution is -2.53. The summed E-state index contributed by atoms with van der Waals surface area (Å²) in [5.74, 6) is -0.427. The number of nitro benzene ring substituents is 1. The zero-order valence-corrected chi connectivity index (χ0v) is 17.8. The standard InChI is InChI=1S/C17H24N4O8S/c1-4-29-17(23)19-9-7-18(8-10-19)16(22)12-20(30(3,26)27)14-11-13(21(24)25)5-6-15(14)28-2/h5-6,11H,4,7-10,12H2,1-3H3. The Hall–Kier alpha value is -3.09. The molecule has 0 radical (unpaired) electrons. The maximum atomic E-state index is 12.8. The van der Waals surface area contributed by atoms with E-state index in [0.717, 1.165) is 16.6 Å². The van der Waals surface area contributed by atoms with Crippen molar-refractivity contribution in [3.05, 3.63) is 28.3 Å². The molecule has 12 nitrogen and oxygen atoms in total. The van der Waals surface area contributed by atoms with Gasteiger partial charge in [-0.1, -0.05) is 0 Å². The number of ether oxygens (including phenoxy) is 2. The highest BCUT2D eigenvalue weighted by molar-refractivity contribution is 7.92. The molecule has 1 fully saturated rings. The number of non-ortho nitro benzene ring substituents is 1. The molecule has 1 aliphatic rings. The fourth-order valence-electron chi connectivity index (χ4n) is 2.94. The van der Waals surface area contributed by atoms with E-state index in [1.807, 2.05) is 0 Å². The summed E-state index contributed by atoms with van der Waals surface area (Å²) in [4.78, 5) is 37.9. The topological polar surface area (TPSA) is 140 Å². The van der Waals surface area contributed by atoms with E-state index in [0.29, 0.717) is 0 Å². The van der Waals surface area contributed by atoms with Crippen LogP contribution in [-0.2, 0) is 19.6 Å². The molecule has 0 atom stereocenters. The average molecular weight is 444 g/mol. The predicted molar refractivity (Wildman–Crippen MR) is 107 cm³/mol. The van der Waals surface area contributed by atoms with Crippen molar-refractivity contribution in [1.29, 1.82) is 0 Å². The quantitative estimate of drug-likeness (QED) is 0.442. The molecule has 0 aromatic heterocycles. The predicted octanol–water partition coefficient (Wildman–Crippen LogP) is 0.670. The SMILES string of the molecule is CCOC(=O)N1CCN(C(=O)CN(c2cc([N+](=O)[O-])ccc2OC)S(C)(=O)=O)CC1. The smallest absolute Gasteiger partial charge is 0.409 e. The first kappa shape index (κ1) is 23.2. The van der Waals surface area contributed by atoms with Gasteiger partial charge >= 0.3 is 6.09 Å². The molecule has 166 valence electrons. The van der Waals surface area contributed by atoms with Crippen molar-refractivity contribution in [3.63, 3.8) is 0 Å². The molecule has 0 N–H and O–H groups in total. The summed E-state index contributed by atoms with van der Waals surface area (Å²) in [7, 11) is -2.67. The summed E-state index contributed by atoms with van der Waals surface area (Å²) >= 11 is 0. The Bertz CT molecular complexity index is 912. The van der Waals surface area contributed by atoms with E-state index in [-0.39, 0.29) is 49.9 Å². The normalized spacial score (nSPS) is 14.2. The van der Waals surface area contributed by atoms with Gasteiger partial charge < -0.3 is 19.3 Å². The molecule has 0 aliphatic carbocycles. The number of rotatable bonds is 7. The van der Waals surface area contributed by atoms with Crippen LogP contribution < -0.4 is 9.04 Å². The van der Waals surface area contributed by atoms with Gasteiger partial charge in [0.05, 0.1) is 24.9 Å². The third-order valence-electron chi connectivity index (χ3n) is 4.48. The van der Waals surface area contributed by atoms with Gasteiger partial charge in [-0.25, -0.2) is 13.2 Å². The van der Waals surface area contributed by atoms with E-state index >= 15 is 0 Å². The number of hydrogen-bond acceptors (Lipinski definition) is 8. The van der Waals surface area contributed by atoms with Gasteiger partial charge in [-0.15, -0.1) is 0 Å². The monoisotopic (exact) mass is 444 g/mol. The highest BCUT2D eigenvalue weighted by atomic mass is 32.2. The highest BCUT2D eigenvalue weighted by Crippen LogP contribution is 2.33. The molecule has 2 amide bonds. The van der Waals surface area contributed by atoms with Crippen molar-refractivity contribution in [3.8, 4) is 5.75 Å². The number of methoxy groups -OCH3 is 1. The van der Waals surface area contributed by atoms with Crippen LogP contribution in [0.15, 0.2) is 18.2 Å². The van der Waals surface area contributed by atoms with Crippen LogP contribution in [0, 0.1) is 10.1 Å². The maximum Gasteiger partial charge on any atom is 0.409 e. The summed E-state index contributed by atoms with van der Waals surface area (Å²) in [5.41, 5.74) is -0.442. The van der Waals surface area contributed by atoms with E-state index in [9.17, 15) is 28.1 Å². The van der Waals surface area contributed by atoms with E-state index < -0.39 is 33.5 Å².